The summed E-state index contributed by atoms with van der Waals surface area (Å²) in [4.78, 5) is 19.6. The molecule has 0 unspecified atom stereocenters. The van der Waals surface area contributed by atoms with E-state index in [2.05, 4.69) is 10.2 Å². The number of anilines is 2. The molecule has 5 nitrogen and oxygen atoms in total. The van der Waals surface area contributed by atoms with Gasteiger partial charge in [0.05, 0.1) is 23.4 Å². The van der Waals surface area contributed by atoms with Gasteiger partial charge in [-0.05, 0) is 49.2 Å². The maximum Gasteiger partial charge on any atom is 0.255 e. The predicted octanol–water partition coefficient (Wildman–Crippen LogP) is 4.00. The van der Waals surface area contributed by atoms with Crippen molar-refractivity contribution < 1.29 is 9.53 Å². The molecule has 0 bridgehead atoms. The Hall–Kier alpha value is -2.44. The summed E-state index contributed by atoms with van der Waals surface area (Å²) in [5.74, 6) is -0.0801. The Morgan fingerprint density at radius 1 is 1.19 bits per heavy atom. The molecular weight excluding hydrogens is 346 g/mol. The van der Waals surface area contributed by atoms with Crippen LogP contribution in [0.15, 0.2) is 36.4 Å². The third-order valence-electron chi connectivity index (χ3n) is 4.77. The molecule has 0 atom stereocenters. The number of amides is 1. The van der Waals surface area contributed by atoms with Crippen LogP contribution in [0.25, 0.3) is 10.2 Å². The maximum atomic E-state index is 12.6. The number of nitrogens with one attached hydrogen (secondary N) is 1. The van der Waals surface area contributed by atoms with Gasteiger partial charge in [-0.1, -0.05) is 23.5 Å². The minimum atomic E-state index is -0.0801. The number of hydrogen-bond donors (Lipinski definition) is 1. The normalized spacial score (nSPS) is 14.6. The average Bonchev–Trinajstić information content (AvgIpc) is 3.08. The smallest absolute Gasteiger partial charge is 0.255 e. The summed E-state index contributed by atoms with van der Waals surface area (Å²) in [6.07, 6.45) is 0. The van der Waals surface area contributed by atoms with Gasteiger partial charge >= 0.3 is 0 Å². The van der Waals surface area contributed by atoms with Crippen molar-refractivity contribution in [2.45, 2.75) is 13.8 Å². The summed E-state index contributed by atoms with van der Waals surface area (Å²) < 4.78 is 6.48. The first-order valence-corrected chi connectivity index (χ1v) is 9.54. The van der Waals surface area contributed by atoms with E-state index in [9.17, 15) is 4.79 Å². The number of aromatic nitrogens is 1. The van der Waals surface area contributed by atoms with Crippen LogP contribution in [0.4, 0.5) is 10.8 Å². The number of thiazole rings is 1. The number of carbonyl (C=O) groups excluding carboxylic acids is 1. The Morgan fingerprint density at radius 2 is 2.00 bits per heavy atom. The molecule has 2 aromatic carbocycles. The number of aryl methyl sites for hydroxylation is 1. The monoisotopic (exact) mass is 367 g/mol. The first kappa shape index (κ1) is 17.0. The second kappa shape index (κ2) is 7.05. The largest absolute Gasteiger partial charge is 0.378 e. The number of ether oxygens (including phenoxy) is 1. The molecule has 1 aromatic heterocycles. The fraction of sp³-hybridized carbons (Fsp3) is 0.300. The van der Waals surface area contributed by atoms with Gasteiger partial charge in [0.25, 0.3) is 5.91 Å². The summed E-state index contributed by atoms with van der Waals surface area (Å²) in [6.45, 7) is 7.22. The van der Waals surface area contributed by atoms with Crippen molar-refractivity contribution in [3.63, 3.8) is 0 Å². The van der Waals surface area contributed by atoms with Crippen LogP contribution in [-0.4, -0.2) is 37.2 Å². The first-order valence-electron chi connectivity index (χ1n) is 8.73. The lowest BCUT2D eigenvalue weighted by Crippen LogP contribution is -2.36. The maximum absolute atomic E-state index is 12.6. The Kier molecular flexibility index (Phi) is 4.61. The lowest BCUT2D eigenvalue weighted by Gasteiger charge is -2.25. The molecule has 1 amide bonds. The van der Waals surface area contributed by atoms with Crippen LogP contribution in [0.1, 0.15) is 21.5 Å². The van der Waals surface area contributed by atoms with Crippen molar-refractivity contribution in [1.29, 1.82) is 0 Å². The summed E-state index contributed by atoms with van der Waals surface area (Å²) in [6, 6.07) is 11.7. The molecule has 26 heavy (non-hydrogen) atoms. The van der Waals surface area contributed by atoms with Crippen LogP contribution in [0.2, 0.25) is 0 Å². The number of fused-ring (bicyclic) bond motifs is 1. The van der Waals surface area contributed by atoms with Crippen LogP contribution in [-0.2, 0) is 4.74 Å². The van der Waals surface area contributed by atoms with Crippen molar-refractivity contribution in [3.05, 3.63) is 53.1 Å². The van der Waals surface area contributed by atoms with Crippen molar-refractivity contribution in [3.8, 4) is 0 Å². The number of hydrogen-bond acceptors (Lipinski definition) is 5. The zero-order valence-corrected chi connectivity index (χ0v) is 15.7. The van der Waals surface area contributed by atoms with E-state index >= 15 is 0 Å². The van der Waals surface area contributed by atoms with Gasteiger partial charge in [-0.25, -0.2) is 4.98 Å². The van der Waals surface area contributed by atoms with Crippen molar-refractivity contribution in [1.82, 2.24) is 4.98 Å². The molecule has 1 aliphatic rings. The molecule has 1 saturated heterocycles. The van der Waals surface area contributed by atoms with E-state index in [-0.39, 0.29) is 5.91 Å². The van der Waals surface area contributed by atoms with Gasteiger partial charge in [-0.15, -0.1) is 0 Å². The zero-order chi connectivity index (χ0) is 18.1. The van der Waals surface area contributed by atoms with Crippen LogP contribution >= 0.6 is 11.3 Å². The molecule has 0 spiro atoms. The standard InChI is InChI=1S/C20H21N3O2S/c1-13-4-3-5-16(14(13)2)19(24)21-15-6-7-17-18(12-15)26-20(22-17)23-8-10-25-11-9-23/h3-7,12H,8-11H2,1-2H3,(H,21,24). The number of carbonyl (C=O) groups is 1. The molecule has 0 radical (unpaired) electrons. The third-order valence-corrected chi connectivity index (χ3v) is 5.84. The van der Waals surface area contributed by atoms with Gasteiger partial charge in [0, 0.05) is 24.3 Å². The zero-order valence-electron chi connectivity index (χ0n) is 14.9. The van der Waals surface area contributed by atoms with Crippen LogP contribution in [0.5, 0.6) is 0 Å². The quantitative estimate of drug-likeness (QED) is 0.760. The molecule has 0 saturated carbocycles. The van der Waals surface area contributed by atoms with Crippen LogP contribution in [0, 0.1) is 13.8 Å². The minimum absolute atomic E-state index is 0.0801. The van der Waals surface area contributed by atoms with E-state index in [1.54, 1.807) is 11.3 Å². The van der Waals surface area contributed by atoms with Crippen molar-refractivity contribution in [2.24, 2.45) is 0 Å². The number of rotatable bonds is 3. The van der Waals surface area contributed by atoms with E-state index in [0.717, 1.165) is 58.5 Å². The summed E-state index contributed by atoms with van der Waals surface area (Å²) in [5.41, 5.74) is 4.59. The topological polar surface area (TPSA) is 54.5 Å². The Bertz CT molecular complexity index is 961. The summed E-state index contributed by atoms with van der Waals surface area (Å²) >= 11 is 1.65. The molecule has 6 heteroatoms. The van der Waals surface area contributed by atoms with Crippen molar-refractivity contribution >= 4 is 38.3 Å². The molecule has 0 aliphatic carbocycles. The van der Waals surface area contributed by atoms with E-state index in [1.807, 2.05) is 50.2 Å². The molecule has 3 aromatic rings. The van der Waals surface area contributed by atoms with E-state index in [0.29, 0.717) is 5.56 Å². The van der Waals surface area contributed by atoms with Crippen molar-refractivity contribution in [2.75, 3.05) is 36.5 Å². The molecule has 1 N–H and O–H groups in total. The lowest BCUT2D eigenvalue weighted by molar-refractivity contribution is 0.102. The Balaban J connectivity index is 1.57. The minimum Gasteiger partial charge on any atom is -0.378 e. The second-order valence-electron chi connectivity index (χ2n) is 6.48. The Labute approximate surface area is 156 Å². The molecule has 4 rings (SSSR count). The molecule has 134 valence electrons. The predicted molar refractivity (Wildman–Crippen MR) is 107 cm³/mol. The molecular formula is C20H21N3O2S. The highest BCUT2D eigenvalue weighted by atomic mass is 32.1. The fourth-order valence-corrected chi connectivity index (χ4v) is 4.13. The molecule has 1 fully saturated rings. The third kappa shape index (κ3) is 3.30. The Morgan fingerprint density at radius 3 is 2.81 bits per heavy atom. The van der Waals surface area contributed by atoms with E-state index in [1.165, 1.54) is 0 Å². The highest BCUT2D eigenvalue weighted by Crippen LogP contribution is 2.31. The van der Waals surface area contributed by atoms with E-state index < -0.39 is 0 Å². The summed E-state index contributed by atoms with van der Waals surface area (Å²) in [7, 11) is 0. The fourth-order valence-electron chi connectivity index (χ4n) is 3.08. The second-order valence-corrected chi connectivity index (χ2v) is 7.49. The number of morpholine rings is 1. The van der Waals surface area contributed by atoms with Gasteiger partial charge in [-0.3, -0.25) is 4.79 Å². The molecule has 2 heterocycles. The van der Waals surface area contributed by atoms with E-state index in [4.69, 9.17) is 9.72 Å². The molecule has 1 aliphatic heterocycles. The van der Waals surface area contributed by atoms with Gasteiger partial charge in [-0.2, -0.15) is 0 Å². The van der Waals surface area contributed by atoms with Crippen LogP contribution < -0.4 is 10.2 Å². The van der Waals surface area contributed by atoms with Gasteiger partial charge < -0.3 is 15.0 Å². The number of benzene rings is 2. The average molecular weight is 367 g/mol. The van der Waals surface area contributed by atoms with Gasteiger partial charge in [0.1, 0.15) is 0 Å². The highest BCUT2D eigenvalue weighted by molar-refractivity contribution is 7.22. The number of nitrogens with zero attached hydrogens (tertiary/aromatic N) is 2. The SMILES string of the molecule is Cc1cccc(C(=O)Nc2ccc3nc(N4CCOCC4)sc3c2)c1C. The van der Waals surface area contributed by atoms with Gasteiger partial charge in [0.15, 0.2) is 5.13 Å². The highest BCUT2D eigenvalue weighted by Gasteiger charge is 2.16. The first-order chi connectivity index (χ1) is 12.6. The van der Waals surface area contributed by atoms with Crippen LogP contribution in [0.3, 0.4) is 0 Å². The summed E-state index contributed by atoms with van der Waals surface area (Å²) in [5, 5.41) is 4.03. The van der Waals surface area contributed by atoms with Gasteiger partial charge in [0.2, 0.25) is 0 Å². The lowest BCUT2D eigenvalue weighted by atomic mass is 10.0.